The van der Waals surface area contributed by atoms with Gasteiger partial charge in [-0.05, 0) is 36.0 Å². The fraction of sp³-hybridized carbons (Fsp3) is 0.467. The highest BCUT2D eigenvalue weighted by molar-refractivity contribution is 7.99. The van der Waals surface area contributed by atoms with Gasteiger partial charge in [-0.1, -0.05) is 18.2 Å². The van der Waals surface area contributed by atoms with Gasteiger partial charge in [0.25, 0.3) is 0 Å². The molecule has 2 heterocycles. The molecule has 96 valence electrons. The Kier molecular flexibility index (Phi) is 3.62. The third kappa shape index (κ3) is 2.43. The highest BCUT2D eigenvalue weighted by atomic mass is 32.2. The molecule has 18 heavy (non-hydrogen) atoms. The van der Waals surface area contributed by atoms with E-state index in [-0.39, 0.29) is 0 Å². The molecule has 2 nitrogen and oxygen atoms in total. The van der Waals surface area contributed by atoms with Crippen molar-refractivity contribution < 1.29 is 0 Å². The normalized spacial score (nSPS) is 17.4. The number of rotatable bonds is 3. The van der Waals surface area contributed by atoms with Crippen molar-refractivity contribution in [1.82, 2.24) is 9.88 Å². The summed E-state index contributed by atoms with van der Waals surface area (Å²) in [5.41, 5.74) is 2.75. The molecule has 1 aromatic heterocycles. The molecule has 3 heteroatoms. The van der Waals surface area contributed by atoms with Crippen LogP contribution < -0.4 is 5.32 Å². The molecule has 0 aliphatic carbocycles. The van der Waals surface area contributed by atoms with E-state index in [9.17, 15) is 0 Å². The molecule has 0 saturated carbocycles. The van der Waals surface area contributed by atoms with Gasteiger partial charge in [-0.3, -0.25) is 0 Å². The van der Waals surface area contributed by atoms with Crippen molar-refractivity contribution in [3.8, 4) is 0 Å². The van der Waals surface area contributed by atoms with E-state index >= 15 is 0 Å². The zero-order valence-corrected chi connectivity index (χ0v) is 11.7. The van der Waals surface area contributed by atoms with Crippen molar-refractivity contribution in [3.05, 3.63) is 36.0 Å². The standard InChI is InChI=1S/C15H20N2S/c1-17-11-12(14-4-2-3-5-15(14)17)10-16-13-6-8-18-9-7-13/h2-5,11,13,16H,6-10H2,1H3. The number of nitrogens with zero attached hydrogens (tertiary/aromatic N) is 1. The molecule has 2 aromatic rings. The SMILES string of the molecule is Cn1cc(CNC2CCSCC2)c2ccccc21. The molecule has 0 unspecified atom stereocenters. The summed E-state index contributed by atoms with van der Waals surface area (Å²) < 4.78 is 2.23. The number of para-hydroxylation sites is 1. The quantitative estimate of drug-likeness (QED) is 0.913. The van der Waals surface area contributed by atoms with Gasteiger partial charge in [-0.15, -0.1) is 0 Å². The molecule has 0 radical (unpaired) electrons. The van der Waals surface area contributed by atoms with E-state index in [0.29, 0.717) is 6.04 Å². The summed E-state index contributed by atoms with van der Waals surface area (Å²) in [6, 6.07) is 9.37. The second-order valence-corrected chi connectivity index (χ2v) is 6.27. The molecule has 1 N–H and O–H groups in total. The minimum absolute atomic E-state index is 0.713. The second kappa shape index (κ2) is 5.37. The molecule has 0 amide bonds. The zero-order valence-electron chi connectivity index (χ0n) is 10.9. The highest BCUT2D eigenvalue weighted by Crippen LogP contribution is 2.21. The smallest absolute Gasteiger partial charge is 0.0481 e. The lowest BCUT2D eigenvalue weighted by Gasteiger charge is -2.22. The predicted octanol–water partition coefficient (Wildman–Crippen LogP) is 3.16. The van der Waals surface area contributed by atoms with Crippen LogP contribution in [0.2, 0.25) is 0 Å². The maximum absolute atomic E-state index is 3.72. The fourth-order valence-electron chi connectivity index (χ4n) is 2.72. The Balaban J connectivity index is 1.74. The highest BCUT2D eigenvalue weighted by Gasteiger charge is 2.13. The Hall–Kier alpha value is -0.930. The van der Waals surface area contributed by atoms with Gasteiger partial charge in [-0.2, -0.15) is 11.8 Å². The van der Waals surface area contributed by atoms with E-state index in [0.717, 1.165) is 6.54 Å². The molecule has 1 aliphatic heterocycles. The minimum atomic E-state index is 0.713. The van der Waals surface area contributed by atoms with Gasteiger partial charge in [-0.25, -0.2) is 0 Å². The average Bonchev–Trinajstić information content (AvgIpc) is 2.75. The molecule has 1 saturated heterocycles. The van der Waals surface area contributed by atoms with Gasteiger partial charge < -0.3 is 9.88 Å². The lowest BCUT2D eigenvalue weighted by Crippen LogP contribution is -2.31. The van der Waals surface area contributed by atoms with Gasteiger partial charge in [0.2, 0.25) is 0 Å². The first-order chi connectivity index (χ1) is 8.84. The lowest BCUT2D eigenvalue weighted by molar-refractivity contribution is 0.483. The monoisotopic (exact) mass is 260 g/mol. The summed E-state index contributed by atoms with van der Waals surface area (Å²) in [5, 5.41) is 5.10. The van der Waals surface area contributed by atoms with Gasteiger partial charge in [0.1, 0.15) is 0 Å². The van der Waals surface area contributed by atoms with E-state index < -0.39 is 0 Å². The van der Waals surface area contributed by atoms with Crippen molar-refractivity contribution in [2.75, 3.05) is 11.5 Å². The summed E-state index contributed by atoms with van der Waals surface area (Å²) in [4.78, 5) is 0. The minimum Gasteiger partial charge on any atom is -0.350 e. The third-order valence-electron chi connectivity index (χ3n) is 3.78. The first-order valence-electron chi connectivity index (χ1n) is 6.68. The van der Waals surface area contributed by atoms with Gasteiger partial charge in [0, 0.05) is 36.7 Å². The van der Waals surface area contributed by atoms with Crippen LogP contribution in [0.5, 0.6) is 0 Å². The molecular formula is C15H20N2S. The van der Waals surface area contributed by atoms with Crippen LogP contribution in [0.15, 0.2) is 30.5 Å². The van der Waals surface area contributed by atoms with Crippen LogP contribution >= 0.6 is 11.8 Å². The van der Waals surface area contributed by atoms with Gasteiger partial charge >= 0.3 is 0 Å². The molecule has 3 rings (SSSR count). The van der Waals surface area contributed by atoms with Crippen molar-refractivity contribution in [2.45, 2.75) is 25.4 Å². The topological polar surface area (TPSA) is 17.0 Å². The Bertz CT molecular complexity index is 526. The van der Waals surface area contributed by atoms with Gasteiger partial charge in [0.05, 0.1) is 0 Å². The molecule has 1 aromatic carbocycles. The Labute approximate surface area is 113 Å². The Morgan fingerprint density at radius 2 is 2.06 bits per heavy atom. The molecule has 1 fully saturated rings. The number of hydrogen-bond donors (Lipinski definition) is 1. The zero-order chi connectivity index (χ0) is 12.4. The fourth-order valence-corrected chi connectivity index (χ4v) is 3.83. The van der Waals surface area contributed by atoms with Crippen LogP contribution in [0, 0.1) is 0 Å². The third-order valence-corrected chi connectivity index (χ3v) is 4.83. The average molecular weight is 260 g/mol. The summed E-state index contributed by atoms with van der Waals surface area (Å²) >= 11 is 2.08. The second-order valence-electron chi connectivity index (χ2n) is 5.05. The van der Waals surface area contributed by atoms with Crippen LogP contribution in [0.3, 0.4) is 0 Å². The summed E-state index contributed by atoms with van der Waals surface area (Å²) in [7, 11) is 2.13. The van der Waals surface area contributed by atoms with E-state index in [1.54, 1.807) is 0 Å². The van der Waals surface area contributed by atoms with Crippen LogP contribution in [0.4, 0.5) is 0 Å². The predicted molar refractivity (Wildman–Crippen MR) is 80.1 cm³/mol. The Morgan fingerprint density at radius 3 is 2.89 bits per heavy atom. The number of fused-ring (bicyclic) bond motifs is 1. The van der Waals surface area contributed by atoms with E-state index in [2.05, 4.69) is 59.2 Å². The summed E-state index contributed by atoms with van der Waals surface area (Å²) in [6.07, 6.45) is 4.89. The summed E-state index contributed by atoms with van der Waals surface area (Å²) in [6.45, 7) is 0.997. The number of thioether (sulfide) groups is 1. The van der Waals surface area contributed by atoms with E-state index in [4.69, 9.17) is 0 Å². The number of benzene rings is 1. The molecule has 1 aliphatic rings. The van der Waals surface area contributed by atoms with Crippen molar-refractivity contribution in [3.63, 3.8) is 0 Å². The first-order valence-corrected chi connectivity index (χ1v) is 7.84. The maximum Gasteiger partial charge on any atom is 0.0481 e. The summed E-state index contributed by atoms with van der Waals surface area (Å²) in [5.74, 6) is 2.63. The molecular weight excluding hydrogens is 240 g/mol. The van der Waals surface area contributed by atoms with Crippen molar-refractivity contribution >= 4 is 22.7 Å². The first kappa shape index (κ1) is 12.1. The Morgan fingerprint density at radius 1 is 1.28 bits per heavy atom. The van der Waals surface area contributed by atoms with Crippen LogP contribution in [-0.2, 0) is 13.6 Å². The van der Waals surface area contributed by atoms with Crippen molar-refractivity contribution in [2.24, 2.45) is 7.05 Å². The number of nitrogens with one attached hydrogen (secondary N) is 1. The van der Waals surface area contributed by atoms with Crippen LogP contribution in [0.25, 0.3) is 10.9 Å². The van der Waals surface area contributed by atoms with Crippen LogP contribution in [-0.4, -0.2) is 22.1 Å². The van der Waals surface area contributed by atoms with Crippen LogP contribution in [0.1, 0.15) is 18.4 Å². The van der Waals surface area contributed by atoms with E-state index in [1.807, 2.05) is 0 Å². The van der Waals surface area contributed by atoms with E-state index in [1.165, 1.54) is 40.8 Å². The maximum atomic E-state index is 3.72. The molecule has 0 spiro atoms. The number of aromatic nitrogens is 1. The molecule has 0 bridgehead atoms. The number of aryl methyl sites for hydroxylation is 1. The lowest BCUT2D eigenvalue weighted by atomic mass is 10.1. The van der Waals surface area contributed by atoms with Gasteiger partial charge in [0.15, 0.2) is 0 Å². The largest absolute Gasteiger partial charge is 0.350 e. The number of hydrogen-bond acceptors (Lipinski definition) is 2. The van der Waals surface area contributed by atoms with Crippen molar-refractivity contribution in [1.29, 1.82) is 0 Å². The molecule has 0 atom stereocenters.